The molecular weight excluding hydrogens is 319 g/mol. The fourth-order valence-corrected chi connectivity index (χ4v) is 2.14. The van der Waals surface area contributed by atoms with Crippen LogP contribution < -0.4 is 0 Å². The molecule has 0 saturated carbocycles. The van der Waals surface area contributed by atoms with Crippen molar-refractivity contribution in [3.05, 3.63) is 28.5 Å². The molecule has 0 aromatic carbocycles. The summed E-state index contributed by atoms with van der Waals surface area (Å²) < 4.78 is 29.6. The van der Waals surface area contributed by atoms with E-state index in [2.05, 4.69) is 25.3 Å². The molecule has 1 aromatic rings. The summed E-state index contributed by atoms with van der Waals surface area (Å²) in [7, 11) is 0. The van der Waals surface area contributed by atoms with Crippen LogP contribution in [0.15, 0.2) is 27.2 Å². The Labute approximate surface area is 118 Å². The Morgan fingerprint density at radius 3 is 2.56 bits per heavy atom. The van der Waals surface area contributed by atoms with Gasteiger partial charge in [0.2, 0.25) is 0 Å². The molecule has 3 nitrogen and oxygen atoms in total. The highest BCUT2D eigenvalue weighted by molar-refractivity contribution is 9.10. The molecule has 1 unspecified atom stereocenters. The summed E-state index contributed by atoms with van der Waals surface area (Å²) >= 11 is 1.72. The lowest BCUT2D eigenvalue weighted by molar-refractivity contribution is 0.454. The van der Waals surface area contributed by atoms with E-state index in [1.807, 2.05) is 0 Å². The number of aromatic nitrogens is 1. The van der Waals surface area contributed by atoms with Gasteiger partial charge in [0.05, 0.1) is 5.69 Å². The topological polar surface area (TPSA) is 48.3 Å². The molecule has 0 N–H and O–H groups in total. The molecule has 0 aliphatic rings. The highest BCUT2D eigenvalue weighted by Gasteiger charge is 2.29. The van der Waals surface area contributed by atoms with Crippen molar-refractivity contribution in [2.45, 2.75) is 38.6 Å². The van der Waals surface area contributed by atoms with Gasteiger partial charge in [0.25, 0.3) is 0 Å². The van der Waals surface area contributed by atoms with Gasteiger partial charge in [-0.1, -0.05) is 10.5 Å². The minimum Gasteiger partial charge on any atom is -0.591 e. The third-order valence-electron chi connectivity index (χ3n) is 2.06. The highest BCUT2D eigenvalue weighted by atomic mass is 79.9. The monoisotopic (exact) mass is 334 g/mol. The van der Waals surface area contributed by atoms with Crippen LogP contribution in [0.5, 0.6) is 0 Å². The van der Waals surface area contributed by atoms with Crippen LogP contribution in [0.3, 0.4) is 0 Å². The van der Waals surface area contributed by atoms with Gasteiger partial charge >= 0.3 is 0 Å². The van der Waals surface area contributed by atoms with Gasteiger partial charge in [-0.05, 0) is 55.8 Å². The van der Waals surface area contributed by atoms with Gasteiger partial charge < -0.3 is 4.55 Å². The first-order valence-corrected chi connectivity index (χ1v) is 7.39. The van der Waals surface area contributed by atoms with Crippen LogP contribution in [0.1, 0.15) is 33.4 Å². The zero-order valence-corrected chi connectivity index (χ0v) is 13.2. The molecule has 1 heterocycles. The van der Waals surface area contributed by atoms with Crippen molar-refractivity contribution in [2.75, 3.05) is 0 Å². The predicted octanol–water partition coefficient (Wildman–Crippen LogP) is 3.45. The van der Waals surface area contributed by atoms with E-state index in [9.17, 15) is 8.94 Å². The Morgan fingerprint density at radius 1 is 1.50 bits per heavy atom. The molecule has 0 bridgehead atoms. The number of rotatable bonds is 3. The van der Waals surface area contributed by atoms with Crippen molar-refractivity contribution in [1.82, 2.24) is 4.98 Å². The van der Waals surface area contributed by atoms with Gasteiger partial charge in [0, 0.05) is 0 Å². The van der Waals surface area contributed by atoms with Gasteiger partial charge in [-0.2, -0.15) is 0 Å². The molecule has 1 aromatic heterocycles. The zero-order valence-electron chi connectivity index (χ0n) is 10.8. The first-order valence-electron chi connectivity index (χ1n) is 5.49. The smallest absolute Gasteiger partial charge is 0.151 e. The summed E-state index contributed by atoms with van der Waals surface area (Å²) in [5.41, 5.74) is 0.515. The molecule has 0 aliphatic carbocycles. The lowest BCUT2D eigenvalue weighted by Crippen LogP contribution is -2.29. The van der Waals surface area contributed by atoms with Gasteiger partial charge in [0.15, 0.2) is 5.71 Å². The molecule has 100 valence electrons. The molecule has 0 radical (unpaired) electrons. The van der Waals surface area contributed by atoms with Crippen LogP contribution in [0, 0.1) is 0 Å². The van der Waals surface area contributed by atoms with Crippen molar-refractivity contribution >= 4 is 33.0 Å². The first-order chi connectivity index (χ1) is 8.21. The fraction of sp³-hybridized carbons (Fsp3) is 0.500. The number of alkyl halides is 1. The molecule has 18 heavy (non-hydrogen) atoms. The summed E-state index contributed by atoms with van der Waals surface area (Å²) in [6.07, 6.45) is -1.32. The summed E-state index contributed by atoms with van der Waals surface area (Å²) in [5.74, 6) is 0. The largest absolute Gasteiger partial charge is 0.591 e. The van der Waals surface area contributed by atoms with Crippen LogP contribution in [0.2, 0.25) is 0 Å². The van der Waals surface area contributed by atoms with E-state index >= 15 is 0 Å². The van der Waals surface area contributed by atoms with Crippen LogP contribution in [0.4, 0.5) is 4.39 Å². The van der Waals surface area contributed by atoms with Crippen molar-refractivity contribution in [3.8, 4) is 0 Å². The first kappa shape index (κ1) is 15.6. The highest BCUT2D eigenvalue weighted by Crippen LogP contribution is 2.20. The third-order valence-corrected chi connectivity index (χ3v) is 3.91. The van der Waals surface area contributed by atoms with Crippen molar-refractivity contribution in [3.63, 3.8) is 0 Å². The summed E-state index contributed by atoms with van der Waals surface area (Å²) in [6, 6.07) is 5.13. The fourth-order valence-electron chi connectivity index (χ4n) is 1.10. The van der Waals surface area contributed by atoms with Crippen LogP contribution in [0.25, 0.3) is 0 Å². The number of halogens is 2. The van der Waals surface area contributed by atoms with Gasteiger partial charge in [-0.25, -0.2) is 9.37 Å². The second-order valence-corrected chi connectivity index (χ2v) is 7.52. The molecule has 0 fully saturated rings. The number of hydrogen-bond donors (Lipinski definition) is 0. The van der Waals surface area contributed by atoms with E-state index in [0.29, 0.717) is 10.3 Å². The Bertz CT molecular complexity index is 446. The molecular formula is C12H16BrFN2OS. The van der Waals surface area contributed by atoms with Crippen molar-refractivity contribution in [1.29, 1.82) is 0 Å². The van der Waals surface area contributed by atoms with Gasteiger partial charge in [0.1, 0.15) is 26.9 Å². The summed E-state index contributed by atoms with van der Waals surface area (Å²) in [6.45, 7) is 6.74. The lowest BCUT2D eigenvalue weighted by atomic mass is 10.2. The van der Waals surface area contributed by atoms with Crippen LogP contribution in [-0.2, 0) is 11.4 Å². The number of pyridine rings is 1. The maximum atomic E-state index is 13.6. The van der Waals surface area contributed by atoms with E-state index in [-0.39, 0.29) is 5.71 Å². The maximum Gasteiger partial charge on any atom is 0.151 e. The minimum atomic E-state index is -1.50. The normalized spacial score (nSPS) is 16.5. The Balaban J connectivity index is 3.15. The van der Waals surface area contributed by atoms with Gasteiger partial charge in [-0.15, -0.1) is 0 Å². The molecule has 0 saturated heterocycles. The maximum absolute atomic E-state index is 13.6. The van der Waals surface area contributed by atoms with Crippen molar-refractivity contribution in [2.24, 2.45) is 4.40 Å². The molecule has 2 atom stereocenters. The Kier molecular flexibility index (Phi) is 5.31. The standard InChI is InChI=1S/C12H16BrFN2OS/c1-8(14)11(16-18(17)12(2,3)4)9-6-5-7-10(13)15-9/h5-8H,1-4H3/b16-11-/t8-,18?/m1/s1. The molecule has 0 aliphatic heterocycles. The van der Waals surface area contributed by atoms with Crippen LogP contribution >= 0.6 is 15.9 Å². The summed E-state index contributed by atoms with van der Waals surface area (Å²) in [5, 5.41) is 0. The van der Waals surface area contributed by atoms with Crippen molar-refractivity contribution < 1.29 is 8.94 Å². The van der Waals surface area contributed by atoms with E-state index < -0.39 is 22.3 Å². The SMILES string of the molecule is C[C@@H](F)/C(=N/[S+]([O-])C(C)(C)C)c1cccc(Br)n1. The molecule has 6 heteroatoms. The Morgan fingerprint density at radius 2 is 2.11 bits per heavy atom. The molecule has 0 spiro atoms. The molecule has 1 rings (SSSR count). The van der Waals surface area contributed by atoms with E-state index in [1.54, 1.807) is 39.0 Å². The predicted molar refractivity (Wildman–Crippen MR) is 76.9 cm³/mol. The Hall–Kier alpha value is -0.460. The number of nitrogens with zero attached hydrogens (tertiary/aromatic N) is 2. The third kappa shape index (κ3) is 4.33. The quantitative estimate of drug-likeness (QED) is 0.483. The second-order valence-electron chi connectivity index (χ2n) is 4.80. The minimum absolute atomic E-state index is 0.115. The summed E-state index contributed by atoms with van der Waals surface area (Å²) in [4.78, 5) is 4.14. The second kappa shape index (κ2) is 6.12. The average molecular weight is 335 g/mol. The van der Waals surface area contributed by atoms with Gasteiger partial charge in [-0.3, -0.25) is 0 Å². The van der Waals surface area contributed by atoms with E-state index in [0.717, 1.165) is 0 Å². The number of hydrogen-bond acceptors (Lipinski definition) is 3. The van der Waals surface area contributed by atoms with Crippen LogP contribution in [-0.4, -0.2) is 26.2 Å². The molecule has 0 amide bonds. The van der Waals surface area contributed by atoms with E-state index in [1.165, 1.54) is 6.92 Å². The lowest BCUT2D eigenvalue weighted by Gasteiger charge is -2.19. The zero-order chi connectivity index (χ0) is 13.9. The average Bonchev–Trinajstić information content (AvgIpc) is 2.23. The van der Waals surface area contributed by atoms with E-state index in [4.69, 9.17) is 0 Å².